The Bertz CT molecular complexity index is 1360. The molecule has 0 fully saturated rings. The van der Waals surface area contributed by atoms with E-state index < -0.39 is 0 Å². The molecular weight excluding hydrogens is 434 g/mol. The van der Waals surface area contributed by atoms with Crippen LogP contribution in [-0.4, -0.2) is 23.0 Å². The molecule has 0 N–H and O–H groups in total. The number of anilines is 1. The Balaban J connectivity index is 1.62. The van der Waals surface area contributed by atoms with Crippen LogP contribution >= 0.6 is 22.9 Å². The zero-order chi connectivity index (χ0) is 21.4. The third kappa shape index (κ3) is 3.62. The van der Waals surface area contributed by atoms with Gasteiger partial charge in [0.2, 0.25) is 0 Å². The van der Waals surface area contributed by atoms with E-state index in [4.69, 9.17) is 25.7 Å². The first-order chi connectivity index (χ1) is 15.1. The van der Waals surface area contributed by atoms with Crippen molar-refractivity contribution in [1.29, 1.82) is 0 Å². The number of fused-ring (bicyclic) bond motifs is 2. The predicted octanol–water partition coefficient (Wildman–Crippen LogP) is 5.95. The molecule has 8 heteroatoms. The van der Waals surface area contributed by atoms with Gasteiger partial charge in [0.25, 0.3) is 5.91 Å². The normalized spacial score (nSPS) is 11.2. The Morgan fingerprint density at radius 3 is 2.84 bits per heavy atom. The van der Waals surface area contributed by atoms with Gasteiger partial charge in [-0.05, 0) is 35.9 Å². The van der Waals surface area contributed by atoms with E-state index in [0.717, 1.165) is 15.6 Å². The summed E-state index contributed by atoms with van der Waals surface area (Å²) < 4.78 is 12.0. The number of hydrogen-bond acceptors (Lipinski definition) is 6. The molecule has 0 unspecified atom stereocenters. The van der Waals surface area contributed by atoms with Crippen molar-refractivity contribution in [1.82, 2.24) is 9.97 Å². The molecule has 0 saturated heterocycles. The van der Waals surface area contributed by atoms with E-state index in [1.807, 2.05) is 36.4 Å². The van der Waals surface area contributed by atoms with Crippen molar-refractivity contribution in [3.05, 3.63) is 83.3 Å². The second-order valence-electron chi connectivity index (χ2n) is 6.82. The fourth-order valence-corrected chi connectivity index (χ4v) is 4.60. The van der Waals surface area contributed by atoms with Gasteiger partial charge in [0, 0.05) is 17.8 Å². The molecule has 0 aliphatic heterocycles. The summed E-state index contributed by atoms with van der Waals surface area (Å²) >= 11 is 7.73. The summed E-state index contributed by atoms with van der Waals surface area (Å²) in [6.45, 7) is 0.281. The summed E-state index contributed by atoms with van der Waals surface area (Å²) in [6.07, 6.45) is 3.41. The van der Waals surface area contributed by atoms with E-state index in [2.05, 4.69) is 4.98 Å². The maximum Gasteiger partial charge on any atom is 0.296 e. The molecule has 1 amide bonds. The molecule has 0 bridgehead atoms. The van der Waals surface area contributed by atoms with Crippen LogP contribution in [0.15, 0.2) is 71.4 Å². The molecule has 5 aromatic rings. The number of halogens is 1. The van der Waals surface area contributed by atoms with Crippen LogP contribution in [0.3, 0.4) is 0 Å². The highest BCUT2D eigenvalue weighted by molar-refractivity contribution is 7.23. The van der Waals surface area contributed by atoms with Gasteiger partial charge in [-0.1, -0.05) is 47.2 Å². The number of para-hydroxylation sites is 1. The van der Waals surface area contributed by atoms with Crippen LogP contribution in [0.1, 0.15) is 16.1 Å². The second kappa shape index (κ2) is 8.02. The van der Waals surface area contributed by atoms with Crippen molar-refractivity contribution in [3.63, 3.8) is 0 Å². The topological polar surface area (TPSA) is 68.5 Å². The lowest BCUT2D eigenvalue weighted by Crippen LogP contribution is -2.30. The minimum Gasteiger partial charge on any atom is -0.494 e. The number of carbonyl (C=O) groups is 1. The summed E-state index contributed by atoms with van der Waals surface area (Å²) in [5, 5.41) is 1.91. The summed E-state index contributed by atoms with van der Waals surface area (Å²) in [7, 11) is 1.58. The number of carbonyl (C=O) groups excluding carboxylic acids is 1. The van der Waals surface area contributed by atoms with Crippen molar-refractivity contribution < 1.29 is 13.9 Å². The minimum atomic E-state index is -0.297. The van der Waals surface area contributed by atoms with Crippen molar-refractivity contribution in [3.8, 4) is 5.75 Å². The number of ether oxygens (including phenoxy) is 1. The Kier molecular flexibility index (Phi) is 5.05. The van der Waals surface area contributed by atoms with Gasteiger partial charge in [-0.2, -0.15) is 0 Å². The summed E-state index contributed by atoms with van der Waals surface area (Å²) in [6, 6.07) is 16.5. The highest BCUT2D eigenvalue weighted by Crippen LogP contribution is 2.39. The van der Waals surface area contributed by atoms with E-state index in [9.17, 15) is 4.79 Å². The van der Waals surface area contributed by atoms with E-state index in [0.29, 0.717) is 27.0 Å². The summed E-state index contributed by atoms with van der Waals surface area (Å²) in [4.78, 5) is 24.0. The van der Waals surface area contributed by atoms with E-state index >= 15 is 0 Å². The van der Waals surface area contributed by atoms with Gasteiger partial charge in [-0.15, -0.1) is 0 Å². The van der Waals surface area contributed by atoms with Gasteiger partial charge >= 0.3 is 0 Å². The number of methoxy groups -OCH3 is 1. The number of benzene rings is 2. The molecule has 5 rings (SSSR count). The van der Waals surface area contributed by atoms with E-state index in [1.165, 1.54) is 11.3 Å². The molecule has 31 heavy (non-hydrogen) atoms. The van der Waals surface area contributed by atoms with Crippen LogP contribution in [0.5, 0.6) is 5.75 Å². The lowest BCUT2D eigenvalue weighted by molar-refractivity contribution is 0.0960. The fraction of sp³-hybridized carbons (Fsp3) is 0.0870. The Morgan fingerprint density at radius 2 is 2.06 bits per heavy atom. The molecule has 2 aromatic carbocycles. The van der Waals surface area contributed by atoms with Crippen molar-refractivity contribution in [2.24, 2.45) is 0 Å². The van der Waals surface area contributed by atoms with Gasteiger partial charge in [0.15, 0.2) is 10.9 Å². The zero-order valence-corrected chi connectivity index (χ0v) is 18.0. The Morgan fingerprint density at radius 1 is 1.19 bits per heavy atom. The largest absolute Gasteiger partial charge is 0.494 e. The molecular formula is C23H16ClN3O3S. The highest BCUT2D eigenvalue weighted by Gasteiger charge is 2.26. The van der Waals surface area contributed by atoms with Gasteiger partial charge in [-0.25, -0.2) is 4.98 Å². The molecule has 0 saturated carbocycles. The maximum atomic E-state index is 13.5. The molecule has 0 aliphatic rings. The lowest BCUT2D eigenvalue weighted by atomic mass is 10.2. The summed E-state index contributed by atoms with van der Waals surface area (Å²) in [5.41, 5.74) is 2.13. The number of amides is 1. The van der Waals surface area contributed by atoms with Crippen LogP contribution < -0.4 is 9.64 Å². The van der Waals surface area contributed by atoms with Gasteiger partial charge in [0.1, 0.15) is 16.8 Å². The van der Waals surface area contributed by atoms with E-state index in [-0.39, 0.29) is 18.2 Å². The fourth-order valence-electron chi connectivity index (χ4n) is 3.34. The number of pyridine rings is 1. The monoisotopic (exact) mass is 449 g/mol. The first kappa shape index (κ1) is 19.5. The highest BCUT2D eigenvalue weighted by atomic mass is 35.5. The quantitative estimate of drug-likeness (QED) is 0.332. The standard InChI is InChI=1S/C23H16ClN3O3S/c1-29-18-9-8-16(24)21-20(18)26-23(31-21)27(13-14-5-4-10-25-12-14)22(28)19-11-15-6-2-3-7-17(15)30-19/h2-12H,13H2,1H3. The Labute approximate surface area is 186 Å². The van der Waals surface area contributed by atoms with Crippen molar-refractivity contribution >= 4 is 55.2 Å². The molecule has 154 valence electrons. The lowest BCUT2D eigenvalue weighted by Gasteiger charge is -2.18. The minimum absolute atomic E-state index is 0.238. The van der Waals surface area contributed by atoms with Crippen LogP contribution in [0.25, 0.3) is 21.2 Å². The van der Waals surface area contributed by atoms with Crippen molar-refractivity contribution in [2.75, 3.05) is 12.0 Å². The Hall–Kier alpha value is -3.42. The van der Waals surface area contributed by atoms with Crippen LogP contribution in [-0.2, 0) is 6.54 Å². The first-order valence-electron chi connectivity index (χ1n) is 9.46. The predicted molar refractivity (Wildman–Crippen MR) is 122 cm³/mol. The number of aromatic nitrogens is 2. The van der Waals surface area contributed by atoms with Crippen LogP contribution in [0, 0.1) is 0 Å². The first-order valence-corrected chi connectivity index (χ1v) is 10.7. The summed E-state index contributed by atoms with van der Waals surface area (Å²) in [5.74, 6) is 0.538. The van der Waals surface area contributed by atoms with Gasteiger partial charge in [-0.3, -0.25) is 14.7 Å². The average Bonchev–Trinajstić information content (AvgIpc) is 3.43. The van der Waals surface area contributed by atoms with Gasteiger partial charge < -0.3 is 9.15 Å². The van der Waals surface area contributed by atoms with E-state index in [1.54, 1.807) is 42.6 Å². The molecule has 0 atom stereocenters. The number of nitrogens with zero attached hydrogens (tertiary/aromatic N) is 3. The third-order valence-corrected chi connectivity index (χ3v) is 6.38. The number of furan rings is 1. The SMILES string of the molecule is COc1ccc(Cl)c2sc(N(Cc3cccnc3)C(=O)c3cc4ccccc4o3)nc12. The smallest absolute Gasteiger partial charge is 0.296 e. The molecule has 6 nitrogen and oxygen atoms in total. The molecule has 3 aromatic heterocycles. The molecule has 0 radical (unpaired) electrons. The number of rotatable bonds is 5. The second-order valence-corrected chi connectivity index (χ2v) is 8.21. The van der Waals surface area contributed by atoms with Gasteiger partial charge in [0.05, 0.1) is 23.4 Å². The van der Waals surface area contributed by atoms with Crippen LogP contribution in [0.4, 0.5) is 5.13 Å². The zero-order valence-electron chi connectivity index (χ0n) is 16.4. The number of thiazole rings is 1. The molecule has 0 spiro atoms. The molecule has 3 heterocycles. The van der Waals surface area contributed by atoms with Crippen LogP contribution in [0.2, 0.25) is 5.02 Å². The number of hydrogen-bond donors (Lipinski definition) is 0. The maximum absolute atomic E-state index is 13.5. The average molecular weight is 450 g/mol. The van der Waals surface area contributed by atoms with Crippen molar-refractivity contribution in [2.45, 2.75) is 6.54 Å². The molecule has 0 aliphatic carbocycles. The third-order valence-electron chi connectivity index (χ3n) is 4.84.